The molecule has 0 spiro atoms. The minimum absolute atomic E-state index is 0.0235. The van der Waals surface area contributed by atoms with Crippen LogP contribution >= 0.6 is 11.8 Å². The Morgan fingerprint density at radius 2 is 2.44 bits per heavy atom. The fourth-order valence-corrected chi connectivity index (χ4v) is 2.76. The molecule has 1 aromatic heterocycles. The highest BCUT2D eigenvalue weighted by Gasteiger charge is 2.26. The van der Waals surface area contributed by atoms with Gasteiger partial charge in [0, 0.05) is 37.6 Å². The molecule has 1 atom stereocenters. The number of rotatable bonds is 3. The van der Waals surface area contributed by atoms with Crippen LogP contribution in [-0.4, -0.2) is 35.0 Å². The number of carbonyl (C=O) groups excluding carboxylic acids is 1. The van der Waals surface area contributed by atoms with Crippen LogP contribution in [0.5, 0.6) is 0 Å². The van der Waals surface area contributed by atoms with E-state index in [1.165, 1.54) is 10.5 Å². The third-order valence-electron chi connectivity index (χ3n) is 2.39. The predicted molar refractivity (Wildman–Crippen MR) is 65.4 cm³/mol. The molecule has 4 heteroatoms. The normalized spacial score (nSPS) is 18.8. The number of pyridine rings is 1. The Kier molecular flexibility index (Phi) is 3.29. The smallest absolute Gasteiger partial charge is 0.170 e. The summed E-state index contributed by atoms with van der Waals surface area (Å²) in [7, 11) is 3.81. The number of carbonyl (C=O) groups is 1. The second-order valence-corrected chi connectivity index (χ2v) is 5.22. The first kappa shape index (κ1) is 11.2. The number of hydrogen-bond acceptors (Lipinski definition) is 4. The Balaban J connectivity index is 2.04. The number of fused-ring (bicyclic) bond motifs is 1. The largest absolute Gasteiger partial charge is 0.383 e. The molecule has 0 aromatic carbocycles. The Labute approximate surface area is 99.6 Å². The van der Waals surface area contributed by atoms with Gasteiger partial charge in [-0.15, -0.1) is 11.8 Å². The van der Waals surface area contributed by atoms with E-state index in [2.05, 4.69) is 4.98 Å². The number of nitrogens with zero attached hydrogens (tertiary/aromatic N) is 2. The first-order valence-corrected chi connectivity index (χ1v) is 6.03. The lowest BCUT2D eigenvalue weighted by Gasteiger charge is -2.05. The third-order valence-corrected chi connectivity index (χ3v) is 3.72. The first-order valence-electron chi connectivity index (χ1n) is 5.15. The minimum Gasteiger partial charge on any atom is -0.383 e. The summed E-state index contributed by atoms with van der Waals surface area (Å²) >= 11 is 1.64. The fourth-order valence-electron chi connectivity index (χ4n) is 1.57. The van der Waals surface area contributed by atoms with Gasteiger partial charge in [0.1, 0.15) is 0 Å². The summed E-state index contributed by atoms with van der Waals surface area (Å²) in [6.45, 7) is 0. The summed E-state index contributed by atoms with van der Waals surface area (Å²) in [6.07, 6.45) is 7.87. The monoisotopic (exact) mass is 234 g/mol. The molecule has 1 aliphatic heterocycles. The van der Waals surface area contributed by atoms with E-state index in [4.69, 9.17) is 0 Å². The Morgan fingerprint density at radius 1 is 1.62 bits per heavy atom. The summed E-state index contributed by atoms with van der Waals surface area (Å²) in [5, 5.41) is 0.0235. The number of hydrogen-bond donors (Lipinski definition) is 0. The van der Waals surface area contributed by atoms with Gasteiger partial charge >= 0.3 is 0 Å². The average molecular weight is 234 g/mol. The lowest BCUT2D eigenvalue weighted by molar-refractivity contribution is -0.114. The molecule has 0 fully saturated rings. The lowest BCUT2D eigenvalue weighted by atomic mass is 10.1. The van der Waals surface area contributed by atoms with Crippen LogP contribution in [0.4, 0.5) is 0 Å². The van der Waals surface area contributed by atoms with E-state index < -0.39 is 0 Å². The quantitative estimate of drug-likeness (QED) is 0.746. The zero-order valence-electron chi connectivity index (χ0n) is 9.38. The highest BCUT2D eigenvalue weighted by molar-refractivity contribution is 8.01. The Hall–Kier alpha value is -1.29. The summed E-state index contributed by atoms with van der Waals surface area (Å²) in [5.74, 6) is 0.176. The molecule has 84 valence electrons. The van der Waals surface area contributed by atoms with Crippen molar-refractivity contribution in [1.82, 2.24) is 9.88 Å². The molecule has 0 radical (unpaired) electrons. The van der Waals surface area contributed by atoms with Gasteiger partial charge in [0.25, 0.3) is 0 Å². The van der Waals surface area contributed by atoms with Crippen LogP contribution in [0.25, 0.3) is 0 Å². The van der Waals surface area contributed by atoms with E-state index in [-0.39, 0.29) is 11.0 Å². The molecule has 0 saturated heterocycles. The molecule has 0 bridgehead atoms. The molecule has 3 nitrogen and oxygen atoms in total. The lowest BCUT2D eigenvalue weighted by Crippen LogP contribution is -2.14. The van der Waals surface area contributed by atoms with Crippen molar-refractivity contribution in [2.45, 2.75) is 16.6 Å². The zero-order valence-corrected chi connectivity index (χ0v) is 10.2. The highest BCUT2D eigenvalue weighted by Crippen LogP contribution is 2.36. The first-order chi connectivity index (χ1) is 7.66. The maximum atomic E-state index is 11.9. The molecule has 0 amide bonds. The van der Waals surface area contributed by atoms with Crippen LogP contribution in [-0.2, 0) is 11.2 Å². The molecule has 2 rings (SSSR count). The Morgan fingerprint density at radius 3 is 3.12 bits per heavy atom. The van der Waals surface area contributed by atoms with Gasteiger partial charge in [-0.3, -0.25) is 9.78 Å². The van der Waals surface area contributed by atoms with Crippen LogP contribution in [0.2, 0.25) is 0 Å². The maximum absolute atomic E-state index is 11.9. The van der Waals surface area contributed by atoms with Crippen LogP contribution in [0.15, 0.2) is 35.6 Å². The zero-order chi connectivity index (χ0) is 11.5. The molecular weight excluding hydrogens is 220 g/mol. The van der Waals surface area contributed by atoms with Crippen molar-refractivity contribution in [2.24, 2.45) is 0 Å². The topological polar surface area (TPSA) is 33.2 Å². The van der Waals surface area contributed by atoms with Crippen molar-refractivity contribution in [3.63, 3.8) is 0 Å². The molecular formula is C12H14N2OS. The summed E-state index contributed by atoms with van der Waals surface area (Å²) in [5.41, 5.74) is 1.18. The molecule has 0 saturated carbocycles. The van der Waals surface area contributed by atoms with Gasteiger partial charge in [0.15, 0.2) is 5.78 Å². The number of ketones is 1. The van der Waals surface area contributed by atoms with Crippen LogP contribution in [0.1, 0.15) is 5.56 Å². The highest BCUT2D eigenvalue weighted by atomic mass is 32.2. The van der Waals surface area contributed by atoms with E-state index in [0.717, 1.165) is 6.42 Å². The van der Waals surface area contributed by atoms with Crippen molar-refractivity contribution in [3.8, 4) is 0 Å². The van der Waals surface area contributed by atoms with Crippen molar-refractivity contribution in [1.29, 1.82) is 0 Å². The molecule has 1 aliphatic rings. The fraction of sp³-hybridized carbons (Fsp3) is 0.333. The number of allylic oxidation sites excluding steroid dienone is 1. The van der Waals surface area contributed by atoms with Gasteiger partial charge in [-0.1, -0.05) is 0 Å². The molecule has 2 heterocycles. The van der Waals surface area contributed by atoms with Crippen molar-refractivity contribution < 1.29 is 4.79 Å². The van der Waals surface area contributed by atoms with E-state index in [1.807, 2.05) is 31.3 Å². The Bertz CT molecular complexity index is 404. The predicted octanol–water partition coefficient (Wildman–Crippen LogP) is 1.74. The maximum Gasteiger partial charge on any atom is 0.170 e. The van der Waals surface area contributed by atoms with Crippen LogP contribution in [0.3, 0.4) is 0 Å². The third kappa shape index (κ3) is 2.44. The summed E-state index contributed by atoms with van der Waals surface area (Å²) < 4.78 is 0. The minimum atomic E-state index is 0.0235. The van der Waals surface area contributed by atoms with E-state index in [1.54, 1.807) is 30.2 Å². The van der Waals surface area contributed by atoms with Gasteiger partial charge in [-0.2, -0.15) is 0 Å². The molecule has 16 heavy (non-hydrogen) atoms. The SMILES string of the molecule is CN(C)/C=C/C(=O)C1Cc2cnccc2S1. The van der Waals surface area contributed by atoms with Crippen molar-refractivity contribution >= 4 is 17.5 Å². The van der Waals surface area contributed by atoms with Gasteiger partial charge in [0.05, 0.1) is 5.25 Å². The van der Waals surface area contributed by atoms with E-state index >= 15 is 0 Å². The summed E-state index contributed by atoms with van der Waals surface area (Å²) in [6, 6.07) is 1.98. The molecule has 1 unspecified atom stereocenters. The standard InChI is InChI=1S/C12H14N2OS/c1-14(2)6-4-10(15)12-7-9-8-13-5-3-11(9)16-12/h3-6,8,12H,7H2,1-2H3/b6-4+. The number of aromatic nitrogens is 1. The van der Waals surface area contributed by atoms with Crippen molar-refractivity contribution in [3.05, 3.63) is 36.3 Å². The van der Waals surface area contributed by atoms with Gasteiger partial charge in [-0.25, -0.2) is 0 Å². The second-order valence-electron chi connectivity index (χ2n) is 3.98. The summed E-state index contributed by atoms with van der Waals surface area (Å²) in [4.78, 5) is 19.0. The van der Waals surface area contributed by atoms with Gasteiger partial charge < -0.3 is 4.90 Å². The molecule has 0 aliphatic carbocycles. The van der Waals surface area contributed by atoms with Crippen LogP contribution in [0, 0.1) is 0 Å². The van der Waals surface area contributed by atoms with E-state index in [0.29, 0.717) is 0 Å². The van der Waals surface area contributed by atoms with Gasteiger partial charge in [0.2, 0.25) is 0 Å². The second kappa shape index (κ2) is 4.70. The van der Waals surface area contributed by atoms with E-state index in [9.17, 15) is 4.79 Å². The average Bonchev–Trinajstić information content (AvgIpc) is 2.69. The number of thioether (sulfide) groups is 1. The van der Waals surface area contributed by atoms with Gasteiger partial charge in [-0.05, 0) is 24.1 Å². The van der Waals surface area contributed by atoms with Crippen LogP contribution < -0.4 is 0 Å². The van der Waals surface area contributed by atoms with Crippen molar-refractivity contribution in [2.75, 3.05) is 14.1 Å². The molecule has 0 N–H and O–H groups in total. The molecule has 1 aromatic rings.